The van der Waals surface area contributed by atoms with Gasteiger partial charge in [0.1, 0.15) is 24.4 Å². The molecule has 0 unspecified atom stereocenters. The molecule has 5 heteroatoms. The van der Waals surface area contributed by atoms with Crippen LogP contribution in [0.4, 0.5) is 11.4 Å². The number of hydrogen-bond donors (Lipinski definition) is 0. The highest BCUT2D eigenvalue weighted by Crippen LogP contribution is 2.37. The van der Waals surface area contributed by atoms with Crippen LogP contribution in [0.2, 0.25) is 0 Å². The van der Waals surface area contributed by atoms with Gasteiger partial charge >= 0.3 is 0 Å². The Balaban J connectivity index is 2.50. The molecule has 0 atom stereocenters. The van der Waals surface area contributed by atoms with Gasteiger partial charge in [-0.2, -0.15) is 9.84 Å². The van der Waals surface area contributed by atoms with E-state index < -0.39 is 0 Å². The zero-order valence-corrected chi connectivity index (χ0v) is 12.8. The van der Waals surface area contributed by atoms with Gasteiger partial charge in [0.15, 0.2) is 0 Å². The second kappa shape index (κ2) is 6.89. The summed E-state index contributed by atoms with van der Waals surface area (Å²) in [6, 6.07) is 6.07. The number of hydrogen-bond acceptors (Lipinski definition) is 3. The number of rotatable bonds is 4. The van der Waals surface area contributed by atoms with E-state index in [-0.39, 0.29) is 0 Å². The fourth-order valence-corrected chi connectivity index (χ4v) is 2.37. The summed E-state index contributed by atoms with van der Waals surface area (Å²) in [6.45, 7) is 0.960. The molecule has 0 aromatic heterocycles. The van der Waals surface area contributed by atoms with Crippen molar-refractivity contribution in [3.63, 3.8) is 0 Å². The fraction of sp³-hybridized carbons (Fsp3) is 0.438. The summed E-state index contributed by atoms with van der Waals surface area (Å²) >= 11 is 0. The topological polar surface area (TPSA) is 51.6 Å². The van der Waals surface area contributed by atoms with Crippen LogP contribution in [0.3, 0.4) is 0 Å². The lowest BCUT2D eigenvalue weighted by atomic mass is 10.1. The van der Waals surface area contributed by atoms with Gasteiger partial charge in [-0.15, -0.1) is 0 Å². The number of benzene rings is 1. The summed E-state index contributed by atoms with van der Waals surface area (Å²) in [5.74, 6) is 0.601. The summed E-state index contributed by atoms with van der Waals surface area (Å²) < 4.78 is 7.67. The SMILES string of the molecule is COc1c([N+]2=CCCCC2)ccc(N=CN(C)C)c1C#N. The Morgan fingerprint density at radius 3 is 2.76 bits per heavy atom. The van der Waals surface area contributed by atoms with Crippen LogP contribution in [0.25, 0.3) is 0 Å². The van der Waals surface area contributed by atoms with Gasteiger partial charge in [0.05, 0.1) is 19.1 Å². The van der Waals surface area contributed by atoms with Crippen LogP contribution >= 0.6 is 0 Å². The molecule has 1 aromatic carbocycles. The predicted octanol–water partition coefficient (Wildman–Crippen LogP) is 2.69. The molecule has 0 N–H and O–H groups in total. The van der Waals surface area contributed by atoms with E-state index in [1.165, 1.54) is 6.42 Å². The summed E-state index contributed by atoms with van der Waals surface area (Å²) in [6.07, 6.45) is 7.29. The van der Waals surface area contributed by atoms with Crippen LogP contribution in [0.15, 0.2) is 17.1 Å². The lowest BCUT2D eigenvalue weighted by Crippen LogP contribution is -2.15. The maximum absolute atomic E-state index is 9.47. The van der Waals surface area contributed by atoms with E-state index in [2.05, 4.69) is 21.9 Å². The third-order valence-electron chi connectivity index (χ3n) is 3.37. The van der Waals surface area contributed by atoms with Gasteiger partial charge in [-0.3, -0.25) is 0 Å². The Bertz CT molecular complexity index is 611. The van der Waals surface area contributed by atoms with Crippen LogP contribution in [-0.2, 0) is 0 Å². The van der Waals surface area contributed by atoms with Gasteiger partial charge in [0.2, 0.25) is 11.4 Å². The maximum atomic E-state index is 9.47. The van der Waals surface area contributed by atoms with Gasteiger partial charge in [0, 0.05) is 33.0 Å². The molecule has 1 aliphatic rings. The highest BCUT2D eigenvalue weighted by atomic mass is 16.5. The molecule has 1 heterocycles. The van der Waals surface area contributed by atoms with Crippen LogP contribution in [0.1, 0.15) is 24.8 Å². The normalized spacial score (nSPS) is 14.7. The Kier molecular flexibility index (Phi) is 4.94. The molecule has 1 aromatic rings. The highest BCUT2D eigenvalue weighted by molar-refractivity contribution is 5.73. The van der Waals surface area contributed by atoms with Crippen molar-refractivity contribution in [1.82, 2.24) is 4.90 Å². The van der Waals surface area contributed by atoms with Crippen LogP contribution in [0.5, 0.6) is 5.75 Å². The summed E-state index contributed by atoms with van der Waals surface area (Å²) in [5.41, 5.74) is 2.05. The maximum Gasteiger partial charge on any atom is 0.248 e. The minimum atomic E-state index is 0.479. The van der Waals surface area contributed by atoms with Crippen LogP contribution in [-0.4, -0.2) is 49.8 Å². The summed E-state index contributed by atoms with van der Waals surface area (Å²) in [5, 5.41) is 9.47. The van der Waals surface area contributed by atoms with Gasteiger partial charge < -0.3 is 9.64 Å². The molecule has 0 amide bonds. The molecule has 110 valence electrons. The molecule has 0 spiro atoms. The fourth-order valence-electron chi connectivity index (χ4n) is 2.37. The molecule has 0 fully saturated rings. The molecule has 5 nitrogen and oxygen atoms in total. The third-order valence-corrected chi connectivity index (χ3v) is 3.37. The number of ether oxygens (including phenoxy) is 1. The Morgan fingerprint density at radius 2 is 2.19 bits per heavy atom. The van der Waals surface area contributed by atoms with E-state index in [4.69, 9.17) is 4.74 Å². The van der Waals surface area contributed by atoms with Crippen molar-refractivity contribution in [3.05, 3.63) is 17.7 Å². The van der Waals surface area contributed by atoms with Crippen molar-refractivity contribution >= 4 is 23.9 Å². The largest absolute Gasteiger partial charge is 0.489 e. The third kappa shape index (κ3) is 3.40. The zero-order valence-electron chi connectivity index (χ0n) is 12.8. The first-order chi connectivity index (χ1) is 10.2. The van der Waals surface area contributed by atoms with E-state index in [1.54, 1.807) is 13.4 Å². The Labute approximate surface area is 125 Å². The van der Waals surface area contributed by atoms with Crippen LogP contribution < -0.4 is 4.74 Å². The van der Waals surface area contributed by atoms with E-state index >= 15 is 0 Å². The standard InChI is InChI=1S/C16H21N4O/c1-19(2)12-18-14-7-8-15(16(21-3)13(14)11-17)20-9-5-4-6-10-20/h7-9,12H,4-6,10H2,1-3H3/q+1. The molecule has 1 aliphatic heterocycles. The van der Waals surface area contributed by atoms with Crippen molar-refractivity contribution in [1.29, 1.82) is 5.26 Å². The monoisotopic (exact) mass is 285 g/mol. The average molecular weight is 285 g/mol. The first-order valence-electron chi connectivity index (χ1n) is 7.09. The van der Waals surface area contributed by atoms with Gasteiger partial charge in [-0.1, -0.05) is 0 Å². The minimum Gasteiger partial charge on any atom is -0.489 e. The molecule has 0 radical (unpaired) electrons. The van der Waals surface area contributed by atoms with E-state index in [0.29, 0.717) is 17.0 Å². The lowest BCUT2D eigenvalue weighted by Gasteiger charge is -2.13. The van der Waals surface area contributed by atoms with Crippen LogP contribution in [0, 0.1) is 11.3 Å². The Hall–Kier alpha value is -2.35. The first kappa shape index (κ1) is 15.0. The van der Waals surface area contributed by atoms with Crippen molar-refractivity contribution in [3.8, 4) is 11.8 Å². The number of aliphatic imine (C=N–C) groups is 1. The minimum absolute atomic E-state index is 0.479. The molecule has 0 bridgehead atoms. The average Bonchev–Trinajstić information content (AvgIpc) is 2.52. The molecule has 0 saturated heterocycles. The molecule has 0 aliphatic carbocycles. The Morgan fingerprint density at radius 1 is 1.38 bits per heavy atom. The number of nitrogens with zero attached hydrogens (tertiary/aromatic N) is 4. The van der Waals surface area contributed by atoms with E-state index in [1.807, 2.05) is 31.1 Å². The molecule has 2 rings (SSSR count). The molecular formula is C16H21N4O+. The predicted molar refractivity (Wildman–Crippen MR) is 84.3 cm³/mol. The summed E-state index contributed by atoms with van der Waals surface area (Å²) in [4.78, 5) is 6.17. The van der Waals surface area contributed by atoms with Gasteiger partial charge in [0.25, 0.3) is 0 Å². The number of nitriles is 1. The van der Waals surface area contributed by atoms with Crippen molar-refractivity contribution < 1.29 is 9.31 Å². The second-order valence-electron chi connectivity index (χ2n) is 5.20. The van der Waals surface area contributed by atoms with E-state index in [0.717, 1.165) is 25.1 Å². The number of methoxy groups -OCH3 is 1. The quantitative estimate of drug-likeness (QED) is 0.485. The molecular weight excluding hydrogens is 264 g/mol. The summed E-state index contributed by atoms with van der Waals surface area (Å²) in [7, 11) is 5.39. The van der Waals surface area contributed by atoms with Gasteiger partial charge in [-0.25, -0.2) is 4.99 Å². The highest BCUT2D eigenvalue weighted by Gasteiger charge is 2.23. The lowest BCUT2D eigenvalue weighted by molar-refractivity contribution is -0.442. The molecule has 21 heavy (non-hydrogen) atoms. The second-order valence-corrected chi connectivity index (χ2v) is 5.20. The van der Waals surface area contributed by atoms with E-state index in [9.17, 15) is 5.26 Å². The first-order valence-corrected chi connectivity index (χ1v) is 7.09. The van der Waals surface area contributed by atoms with Crippen molar-refractivity contribution in [2.75, 3.05) is 27.7 Å². The van der Waals surface area contributed by atoms with Crippen molar-refractivity contribution in [2.45, 2.75) is 19.3 Å². The molecule has 0 saturated carbocycles. The smallest absolute Gasteiger partial charge is 0.248 e. The van der Waals surface area contributed by atoms with Gasteiger partial charge in [-0.05, 0) is 12.5 Å². The zero-order chi connectivity index (χ0) is 15.2. The van der Waals surface area contributed by atoms with Crippen molar-refractivity contribution in [2.24, 2.45) is 4.99 Å².